The van der Waals surface area contributed by atoms with E-state index in [1.807, 2.05) is 13.0 Å². The predicted molar refractivity (Wildman–Crippen MR) is 124 cm³/mol. The third-order valence-corrected chi connectivity index (χ3v) is 5.28. The monoisotopic (exact) mass is 415 g/mol. The van der Waals surface area contributed by atoms with E-state index >= 15 is 0 Å². The topological polar surface area (TPSA) is 56.6 Å². The van der Waals surface area contributed by atoms with Gasteiger partial charge in [-0.2, -0.15) is 4.99 Å². The second-order valence-corrected chi connectivity index (χ2v) is 8.96. The van der Waals surface area contributed by atoms with Crippen LogP contribution in [0.25, 0.3) is 11.3 Å². The third-order valence-electron chi connectivity index (χ3n) is 5.28. The highest BCUT2D eigenvalue weighted by molar-refractivity contribution is 5.82. The number of aromatic nitrogens is 2. The van der Waals surface area contributed by atoms with Crippen LogP contribution < -0.4 is 0 Å². The lowest BCUT2D eigenvalue weighted by molar-refractivity contribution is 0.211. The Hall–Kier alpha value is -3.21. The minimum Gasteiger partial charge on any atom is -0.488 e. The summed E-state index contributed by atoms with van der Waals surface area (Å²) in [7, 11) is 0. The molecular weight excluding hydrogens is 386 g/mol. The van der Waals surface area contributed by atoms with Gasteiger partial charge in [0.1, 0.15) is 17.8 Å². The fourth-order valence-electron chi connectivity index (χ4n) is 3.59. The van der Waals surface area contributed by atoms with E-state index in [4.69, 9.17) is 9.47 Å². The summed E-state index contributed by atoms with van der Waals surface area (Å²) >= 11 is 0. The Morgan fingerprint density at radius 1 is 1.10 bits per heavy atom. The summed E-state index contributed by atoms with van der Waals surface area (Å²) in [6, 6.07) is 10.4. The van der Waals surface area contributed by atoms with Crippen LogP contribution in [0.5, 0.6) is 0 Å². The van der Waals surface area contributed by atoms with Crippen molar-refractivity contribution in [1.82, 2.24) is 9.97 Å². The molecule has 1 aromatic carbocycles. The lowest BCUT2D eigenvalue weighted by Gasteiger charge is -2.19. The van der Waals surface area contributed by atoms with Crippen LogP contribution in [0.15, 0.2) is 71.1 Å². The highest BCUT2D eigenvalue weighted by Gasteiger charge is 2.16. The molecule has 5 nitrogen and oxygen atoms in total. The summed E-state index contributed by atoms with van der Waals surface area (Å²) in [4.78, 5) is 13.7. The molecule has 31 heavy (non-hydrogen) atoms. The Balaban J connectivity index is 1.53. The van der Waals surface area contributed by atoms with E-state index in [0.29, 0.717) is 24.1 Å². The normalized spacial score (nSPS) is 17.6. The van der Waals surface area contributed by atoms with Crippen LogP contribution >= 0.6 is 0 Å². The van der Waals surface area contributed by atoms with Crippen LogP contribution in [0.2, 0.25) is 0 Å². The van der Waals surface area contributed by atoms with Crippen LogP contribution in [0.4, 0.5) is 5.82 Å². The highest BCUT2D eigenvalue weighted by atomic mass is 16.6. The fraction of sp³-hybridized carbons (Fsp3) is 0.346. The van der Waals surface area contributed by atoms with Gasteiger partial charge in [0.2, 0.25) is 5.90 Å². The standard InChI is InChI=1S/C26H29N3O2/c1-18-27-23(20-10-12-21(13-11-20)26(2,3)4)15-24(28-18)29-25-17-30-16-22(31-25)14-19-8-6-5-7-9-19/h5-6,8,10-13,15-16H,7,9,14,17H2,1-4H3. The van der Waals surface area contributed by atoms with E-state index in [0.717, 1.165) is 36.3 Å². The van der Waals surface area contributed by atoms with Gasteiger partial charge < -0.3 is 9.47 Å². The molecule has 0 spiro atoms. The van der Waals surface area contributed by atoms with Gasteiger partial charge in [-0.1, -0.05) is 68.8 Å². The van der Waals surface area contributed by atoms with Crippen LogP contribution in [0.3, 0.4) is 0 Å². The molecule has 0 fully saturated rings. The predicted octanol–water partition coefficient (Wildman–Crippen LogP) is 6.33. The smallest absolute Gasteiger partial charge is 0.234 e. The highest BCUT2D eigenvalue weighted by Crippen LogP contribution is 2.27. The molecule has 5 heteroatoms. The number of aliphatic imine (C=N–C) groups is 1. The first-order chi connectivity index (χ1) is 14.9. The molecule has 0 amide bonds. The Morgan fingerprint density at radius 3 is 2.61 bits per heavy atom. The van der Waals surface area contributed by atoms with E-state index in [-0.39, 0.29) is 5.41 Å². The van der Waals surface area contributed by atoms with Crippen molar-refractivity contribution in [1.29, 1.82) is 0 Å². The third kappa shape index (κ3) is 5.48. The lowest BCUT2D eigenvalue weighted by Crippen LogP contribution is -2.17. The van der Waals surface area contributed by atoms with E-state index in [2.05, 4.69) is 78.2 Å². The molecule has 0 N–H and O–H groups in total. The van der Waals surface area contributed by atoms with Gasteiger partial charge in [-0.3, -0.25) is 0 Å². The Kier molecular flexibility index (Phi) is 6.03. The molecule has 0 unspecified atom stereocenters. The summed E-state index contributed by atoms with van der Waals surface area (Å²) in [5.41, 5.74) is 4.62. The van der Waals surface area contributed by atoms with Gasteiger partial charge in [-0.25, -0.2) is 9.97 Å². The number of ether oxygens (including phenoxy) is 2. The molecular formula is C26H29N3O2. The largest absolute Gasteiger partial charge is 0.488 e. The van der Waals surface area contributed by atoms with Crippen molar-refractivity contribution in [2.24, 2.45) is 4.99 Å². The fourth-order valence-corrected chi connectivity index (χ4v) is 3.59. The zero-order chi connectivity index (χ0) is 21.8. The van der Waals surface area contributed by atoms with Crippen molar-refractivity contribution >= 4 is 11.7 Å². The van der Waals surface area contributed by atoms with Gasteiger partial charge in [-0.05, 0) is 30.7 Å². The molecule has 0 bridgehead atoms. The van der Waals surface area contributed by atoms with Crippen molar-refractivity contribution in [3.8, 4) is 11.3 Å². The van der Waals surface area contributed by atoms with Gasteiger partial charge in [-0.15, -0.1) is 0 Å². The lowest BCUT2D eigenvalue weighted by atomic mass is 9.86. The summed E-state index contributed by atoms with van der Waals surface area (Å²) in [5.74, 6) is 2.53. The van der Waals surface area contributed by atoms with Crippen molar-refractivity contribution in [2.75, 3.05) is 6.61 Å². The second kappa shape index (κ2) is 8.88. The maximum Gasteiger partial charge on any atom is 0.234 e. The molecule has 4 rings (SSSR count). The minimum absolute atomic E-state index is 0.116. The first-order valence-electron chi connectivity index (χ1n) is 10.7. The summed E-state index contributed by atoms with van der Waals surface area (Å²) in [5, 5.41) is 0. The van der Waals surface area contributed by atoms with Gasteiger partial charge in [0.15, 0.2) is 12.4 Å². The van der Waals surface area contributed by atoms with E-state index in [1.54, 1.807) is 6.26 Å². The van der Waals surface area contributed by atoms with E-state index in [1.165, 1.54) is 11.1 Å². The molecule has 1 aliphatic heterocycles. The van der Waals surface area contributed by atoms with Gasteiger partial charge in [0.25, 0.3) is 0 Å². The number of allylic oxidation sites excluding steroid dienone is 4. The van der Waals surface area contributed by atoms with Crippen molar-refractivity contribution in [2.45, 2.75) is 52.4 Å². The molecule has 2 aromatic rings. The zero-order valence-corrected chi connectivity index (χ0v) is 18.7. The SMILES string of the molecule is Cc1nc(N=C2COC=C(CC3=CC=CCC3)O2)cc(-c2ccc(C(C)(C)C)cc2)n1. The number of nitrogens with zero attached hydrogens (tertiary/aromatic N) is 3. The molecule has 0 saturated heterocycles. The molecule has 1 aromatic heterocycles. The molecule has 0 radical (unpaired) electrons. The number of hydrogen-bond donors (Lipinski definition) is 0. The van der Waals surface area contributed by atoms with Crippen molar-refractivity contribution in [3.05, 3.63) is 77.5 Å². The van der Waals surface area contributed by atoms with Crippen LogP contribution in [-0.2, 0) is 14.9 Å². The summed E-state index contributed by atoms with van der Waals surface area (Å²) in [6.07, 6.45) is 11.0. The van der Waals surface area contributed by atoms with E-state index in [9.17, 15) is 0 Å². The van der Waals surface area contributed by atoms with Crippen LogP contribution in [0.1, 0.15) is 51.4 Å². The summed E-state index contributed by atoms with van der Waals surface area (Å²) < 4.78 is 11.6. The maximum atomic E-state index is 5.99. The number of rotatable bonds is 4. The van der Waals surface area contributed by atoms with Gasteiger partial charge in [0.05, 0.1) is 5.69 Å². The average Bonchev–Trinajstić information content (AvgIpc) is 2.74. The Morgan fingerprint density at radius 2 is 1.90 bits per heavy atom. The Bertz CT molecular complexity index is 1070. The Labute approximate surface area is 184 Å². The van der Waals surface area contributed by atoms with Crippen LogP contribution in [0, 0.1) is 6.92 Å². The molecule has 0 atom stereocenters. The first kappa shape index (κ1) is 21.0. The summed E-state index contributed by atoms with van der Waals surface area (Å²) in [6.45, 7) is 8.80. The first-order valence-corrected chi connectivity index (χ1v) is 10.7. The quantitative estimate of drug-likeness (QED) is 0.585. The molecule has 2 aliphatic rings. The van der Waals surface area contributed by atoms with Gasteiger partial charge >= 0.3 is 0 Å². The average molecular weight is 416 g/mol. The molecule has 0 saturated carbocycles. The number of hydrogen-bond acceptors (Lipinski definition) is 5. The maximum absolute atomic E-state index is 5.99. The van der Waals surface area contributed by atoms with Gasteiger partial charge in [0, 0.05) is 18.1 Å². The second-order valence-electron chi connectivity index (χ2n) is 8.96. The zero-order valence-electron chi connectivity index (χ0n) is 18.7. The van der Waals surface area contributed by atoms with Crippen molar-refractivity contribution < 1.29 is 9.47 Å². The molecule has 1 aliphatic carbocycles. The molecule has 160 valence electrons. The molecule has 2 heterocycles. The van der Waals surface area contributed by atoms with Crippen molar-refractivity contribution in [3.63, 3.8) is 0 Å². The number of benzene rings is 1. The minimum atomic E-state index is 0.116. The number of aryl methyl sites for hydroxylation is 1. The van der Waals surface area contributed by atoms with E-state index < -0.39 is 0 Å². The van der Waals surface area contributed by atoms with Crippen LogP contribution in [-0.4, -0.2) is 22.5 Å².